The van der Waals surface area contributed by atoms with E-state index in [0.29, 0.717) is 24.0 Å². The number of imidazole rings is 1. The van der Waals surface area contributed by atoms with Crippen LogP contribution in [0.4, 0.5) is 5.82 Å². The quantitative estimate of drug-likeness (QED) is 0.425. The van der Waals surface area contributed by atoms with Crippen LogP contribution in [0.2, 0.25) is 0 Å². The summed E-state index contributed by atoms with van der Waals surface area (Å²) in [4.78, 5) is 26.9. The number of nitrogens with zero attached hydrogens (tertiary/aromatic N) is 4. The molecule has 0 atom stereocenters. The maximum Gasteiger partial charge on any atom is 0.275 e. The first kappa shape index (κ1) is 19.0. The minimum atomic E-state index is -0.365. The highest BCUT2D eigenvalue weighted by atomic mass is 32.1. The number of nitrogens with one attached hydrogen (secondary N) is 1. The van der Waals surface area contributed by atoms with E-state index in [2.05, 4.69) is 20.3 Å². The number of hydrogen-bond donors (Lipinski definition) is 1. The topological polar surface area (TPSA) is 81.4 Å². The fourth-order valence-electron chi connectivity index (χ4n) is 3.15. The summed E-state index contributed by atoms with van der Waals surface area (Å²) in [7, 11) is 0. The number of fused-ring (bicyclic) bond motifs is 1. The van der Waals surface area contributed by atoms with Gasteiger partial charge in [-0.25, -0.2) is 15.0 Å². The number of aromatic nitrogens is 4. The molecule has 0 saturated carbocycles. The molecule has 0 aliphatic heterocycles. The summed E-state index contributed by atoms with van der Waals surface area (Å²) in [5.74, 6) is 0.560. The molecule has 1 amide bonds. The van der Waals surface area contributed by atoms with Crippen molar-refractivity contribution in [3.63, 3.8) is 0 Å². The van der Waals surface area contributed by atoms with Crippen LogP contribution in [0.3, 0.4) is 0 Å². The fourth-order valence-corrected chi connectivity index (χ4v) is 3.86. The van der Waals surface area contributed by atoms with Crippen molar-refractivity contribution in [1.29, 1.82) is 0 Å². The van der Waals surface area contributed by atoms with Crippen LogP contribution in [-0.2, 0) is 6.61 Å². The second-order valence-electron chi connectivity index (χ2n) is 6.69. The monoisotopic (exact) mass is 427 g/mol. The minimum absolute atomic E-state index is 0.209. The first-order valence-electron chi connectivity index (χ1n) is 9.59. The Morgan fingerprint density at radius 2 is 1.90 bits per heavy atom. The molecular formula is C23H17N5O2S. The molecule has 5 aromatic rings. The Hall–Kier alpha value is -4.04. The average molecular weight is 427 g/mol. The first-order chi connectivity index (χ1) is 15.3. The van der Waals surface area contributed by atoms with Crippen molar-refractivity contribution >= 4 is 28.7 Å². The lowest BCUT2D eigenvalue weighted by atomic mass is 10.2. The smallest absolute Gasteiger partial charge is 0.275 e. The Morgan fingerprint density at radius 3 is 2.74 bits per heavy atom. The highest BCUT2D eigenvalue weighted by Gasteiger charge is 2.19. The number of amides is 1. The summed E-state index contributed by atoms with van der Waals surface area (Å²) in [6.45, 7) is 0.356. The van der Waals surface area contributed by atoms with Crippen LogP contribution in [-0.4, -0.2) is 25.3 Å². The standard InChI is InChI=1S/C23H17N5O2S/c29-23(17-13-20(25-15-24-17)30-14-16-7-2-1-3-8-16)27-22-21(18-9-6-12-31-18)26-19-10-4-5-11-28(19)22/h1-13,15H,14H2,(H,27,29). The number of pyridine rings is 1. The lowest BCUT2D eigenvalue weighted by Crippen LogP contribution is -2.16. The van der Waals surface area contributed by atoms with Crippen LogP contribution in [0.25, 0.3) is 16.2 Å². The zero-order valence-corrected chi connectivity index (χ0v) is 17.1. The minimum Gasteiger partial charge on any atom is -0.473 e. The predicted octanol–water partition coefficient (Wildman–Crippen LogP) is 4.68. The van der Waals surface area contributed by atoms with E-state index in [1.807, 2.05) is 76.6 Å². The van der Waals surface area contributed by atoms with Crippen molar-refractivity contribution in [3.05, 3.63) is 95.9 Å². The summed E-state index contributed by atoms with van der Waals surface area (Å²) in [5, 5.41) is 4.94. The maximum absolute atomic E-state index is 13.0. The second kappa shape index (κ2) is 8.37. The van der Waals surface area contributed by atoms with Crippen molar-refractivity contribution in [2.24, 2.45) is 0 Å². The molecule has 7 nitrogen and oxygen atoms in total. The van der Waals surface area contributed by atoms with Gasteiger partial charge in [0.25, 0.3) is 5.91 Å². The number of rotatable bonds is 6. The third kappa shape index (κ3) is 4.01. The highest BCUT2D eigenvalue weighted by molar-refractivity contribution is 7.13. The summed E-state index contributed by atoms with van der Waals surface area (Å²) in [5.41, 5.74) is 2.68. The molecule has 0 fully saturated rings. The van der Waals surface area contributed by atoms with E-state index in [1.165, 1.54) is 12.4 Å². The van der Waals surface area contributed by atoms with Gasteiger partial charge in [-0.1, -0.05) is 42.5 Å². The number of carbonyl (C=O) groups excluding carboxylic acids is 1. The summed E-state index contributed by atoms with van der Waals surface area (Å²) >= 11 is 1.56. The number of thiophene rings is 1. The number of carbonyl (C=O) groups is 1. The van der Waals surface area contributed by atoms with E-state index in [9.17, 15) is 4.79 Å². The second-order valence-corrected chi connectivity index (χ2v) is 7.63. The van der Waals surface area contributed by atoms with Gasteiger partial charge < -0.3 is 10.1 Å². The van der Waals surface area contributed by atoms with E-state index < -0.39 is 0 Å². The third-order valence-corrected chi connectivity index (χ3v) is 5.50. The molecule has 8 heteroatoms. The molecule has 0 spiro atoms. The molecule has 4 aromatic heterocycles. The van der Waals surface area contributed by atoms with Crippen LogP contribution in [0.5, 0.6) is 5.88 Å². The summed E-state index contributed by atoms with van der Waals surface area (Å²) < 4.78 is 7.57. The lowest BCUT2D eigenvalue weighted by Gasteiger charge is -2.08. The van der Waals surface area contributed by atoms with Gasteiger partial charge in [0.2, 0.25) is 5.88 Å². The predicted molar refractivity (Wildman–Crippen MR) is 119 cm³/mol. The van der Waals surface area contributed by atoms with Gasteiger partial charge in [0.05, 0.1) is 4.88 Å². The molecule has 1 N–H and O–H groups in total. The zero-order chi connectivity index (χ0) is 21.0. The molecule has 5 rings (SSSR count). The Balaban J connectivity index is 1.41. The SMILES string of the molecule is O=C(Nc1c(-c2cccs2)nc2ccccn12)c1cc(OCc2ccccc2)ncn1. The highest BCUT2D eigenvalue weighted by Crippen LogP contribution is 2.32. The number of benzene rings is 1. The molecule has 0 unspecified atom stereocenters. The Morgan fingerprint density at radius 1 is 1.03 bits per heavy atom. The van der Waals surface area contributed by atoms with Crippen molar-refractivity contribution in [1.82, 2.24) is 19.4 Å². The van der Waals surface area contributed by atoms with Gasteiger partial charge in [0, 0.05) is 12.3 Å². The Labute approximate surface area is 182 Å². The zero-order valence-electron chi connectivity index (χ0n) is 16.3. The van der Waals surface area contributed by atoms with Crippen molar-refractivity contribution < 1.29 is 9.53 Å². The van der Waals surface area contributed by atoms with Gasteiger partial charge in [-0.15, -0.1) is 11.3 Å². The van der Waals surface area contributed by atoms with Gasteiger partial charge in [-0.3, -0.25) is 9.20 Å². The molecule has 31 heavy (non-hydrogen) atoms. The number of hydrogen-bond acceptors (Lipinski definition) is 6. The van der Waals surface area contributed by atoms with Crippen LogP contribution < -0.4 is 10.1 Å². The molecule has 0 radical (unpaired) electrons. The molecule has 1 aromatic carbocycles. The molecule has 4 heterocycles. The van der Waals surface area contributed by atoms with Crippen molar-refractivity contribution in [2.75, 3.05) is 5.32 Å². The van der Waals surface area contributed by atoms with Crippen LogP contribution in [0, 0.1) is 0 Å². The van der Waals surface area contributed by atoms with E-state index in [-0.39, 0.29) is 11.6 Å². The van der Waals surface area contributed by atoms with Gasteiger partial charge in [0.1, 0.15) is 35.8 Å². The molecular weight excluding hydrogens is 410 g/mol. The molecule has 152 valence electrons. The van der Waals surface area contributed by atoms with Gasteiger partial charge >= 0.3 is 0 Å². The Bertz CT molecular complexity index is 1330. The van der Waals surface area contributed by atoms with Crippen molar-refractivity contribution in [2.45, 2.75) is 6.61 Å². The number of anilines is 1. The van der Waals surface area contributed by atoms with Gasteiger partial charge in [-0.2, -0.15) is 0 Å². The normalized spacial score (nSPS) is 10.8. The number of ether oxygens (including phenoxy) is 1. The third-order valence-electron chi connectivity index (χ3n) is 4.62. The Kier molecular flexibility index (Phi) is 5.12. The van der Waals surface area contributed by atoms with E-state index in [4.69, 9.17) is 4.74 Å². The summed E-state index contributed by atoms with van der Waals surface area (Å²) in [6, 6.07) is 20.9. The largest absolute Gasteiger partial charge is 0.473 e. The average Bonchev–Trinajstić information content (AvgIpc) is 3.47. The van der Waals surface area contributed by atoms with Gasteiger partial charge in [0.15, 0.2) is 0 Å². The molecule has 0 aliphatic carbocycles. The van der Waals surface area contributed by atoms with Crippen molar-refractivity contribution in [3.8, 4) is 16.5 Å². The fraction of sp³-hybridized carbons (Fsp3) is 0.0435. The van der Waals surface area contributed by atoms with E-state index in [0.717, 1.165) is 16.1 Å². The van der Waals surface area contributed by atoms with Crippen LogP contribution in [0.15, 0.2) is 84.6 Å². The van der Waals surface area contributed by atoms with Gasteiger partial charge in [-0.05, 0) is 29.1 Å². The molecule has 0 bridgehead atoms. The van der Waals surface area contributed by atoms with Crippen LogP contribution in [0.1, 0.15) is 16.1 Å². The lowest BCUT2D eigenvalue weighted by molar-refractivity contribution is 0.102. The summed E-state index contributed by atoms with van der Waals surface area (Å²) in [6.07, 6.45) is 3.19. The molecule has 0 aliphatic rings. The first-order valence-corrected chi connectivity index (χ1v) is 10.5. The molecule has 0 saturated heterocycles. The van der Waals surface area contributed by atoms with E-state index in [1.54, 1.807) is 11.3 Å². The van der Waals surface area contributed by atoms with Crippen LogP contribution >= 0.6 is 11.3 Å². The maximum atomic E-state index is 13.0. The van der Waals surface area contributed by atoms with E-state index >= 15 is 0 Å².